The van der Waals surface area contributed by atoms with E-state index in [1.54, 1.807) is 16.2 Å². The zero-order valence-corrected chi connectivity index (χ0v) is 17.0. The number of amides is 1. The van der Waals surface area contributed by atoms with Gasteiger partial charge in [0, 0.05) is 17.7 Å². The Morgan fingerprint density at radius 3 is 2.72 bits per heavy atom. The number of fused-ring (bicyclic) bond motifs is 2. The van der Waals surface area contributed by atoms with E-state index in [1.165, 1.54) is 0 Å². The van der Waals surface area contributed by atoms with Gasteiger partial charge in [-0.25, -0.2) is 4.98 Å². The van der Waals surface area contributed by atoms with Crippen molar-refractivity contribution in [2.45, 2.75) is 25.9 Å². The number of carbonyl (C=O) groups is 1. The van der Waals surface area contributed by atoms with E-state index in [2.05, 4.69) is 4.98 Å². The number of hydrogen-bond donors (Lipinski definition) is 0. The number of pyridine rings is 1. The smallest absolute Gasteiger partial charge is 0.260 e. The number of anilines is 1. The molecule has 1 saturated heterocycles. The molecule has 6 heteroatoms. The molecular formula is C23H21N3O2S. The lowest BCUT2D eigenvalue weighted by Crippen LogP contribution is -2.37. The summed E-state index contributed by atoms with van der Waals surface area (Å²) in [6, 6.07) is 17.7. The molecule has 0 spiro atoms. The van der Waals surface area contributed by atoms with Crippen LogP contribution in [0.15, 0.2) is 54.6 Å². The van der Waals surface area contributed by atoms with Gasteiger partial charge in [0.1, 0.15) is 0 Å². The lowest BCUT2D eigenvalue weighted by atomic mass is 10.1. The van der Waals surface area contributed by atoms with Gasteiger partial charge in [0.15, 0.2) is 5.13 Å². The lowest BCUT2D eigenvalue weighted by molar-refractivity contribution is 0.0918. The number of aryl methyl sites for hydroxylation is 1. The summed E-state index contributed by atoms with van der Waals surface area (Å²) in [5.74, 6) is -0.0544. The molecule has 0 N–H and O–H groups in total. The number of para-hydroxylation sites is 2. The SMILES string of the molecule is Cc1cc(C(=O)N(CC2CCCO2)c2nc3ccccc3s2)c2ccccc2n1. The first-order valence-electron chi connectivity index (χ1n) is 9.84. The van der Waals surface area contributed by atoms with E-state index in [-0.39, 0.29) is 12.0 Å². The van der Waals surface area contributed by atoms with Gasteiger partial charge in [0.05, 0.1) is 33.9 Å². The maximum atomic E-state index is 13.8. The van der Waals surface area contributed by atoms with Gasteiger partial charge in [0.25, 0.3) is 5.91 Å². The highest BCUT2D eigenvalue weighted by molar-refractivity contribution is 7.22. The van der Waals surface area contributed by atoms with E-state index in [4.69, 9.17) is 9.72 Å². The summed E-state index contributed by atoms with van der Waals surface area (Å²) in [6.45, 7) is 3.18. The maximum absolute atomic E-state index is 13.8. The van der Waals surface area contributed by atoms with E-state index in [0.717, 1.165) is 46.3 Å². The number of thiazole rings is 1. The molecule has 0 bridgehead atoms. The third-order valence-electron chi connectivity index (χ3n) is 5.24. The summed E-state index contributed by atoms with van der Waals surface area (Å²) in [7, 11) is 0. The fourth-order valence-corrected chi connectivity index (χ4v) is 4.82. The lowest BCUT2D eigenvalue weighted by Gasteiger charge is -2.23. The van der Waals surface area contributed by atoms with Crippen LogP contribution in [0.25, 0.3) is 21.1 Å². The molecule has 3 heterocycles. The van der Waals surface area contributed by atoms with Crippen molar-refractivity contribution in [3.05, 3.63) is 65.9 Å². The zero-order chi connectivity index (χ0) is 19.8. The first kappa shape index (κ1) is 18.2. The van der Waals surface area contributed by atoms with Crippen LogP contribution in [0.2, 0.25) is 0 Å². The Morgan fingerprint density at radius 2 is 1.93 bits per heavy atom. The predicted octanol–water partition coefficient (Wildman–Crippen LogP) is 4.98. The molecule has 0 aliphatic carbocycles. The maximum Gasteiger partial charge on any atom is 0.260 e. The van der Waals surface area contributed by atoms with Gasteiger partial charge in [-0.05, 0) is 44.0 Å². The average molecular weight is 404 g/mol. The molecule has 1 unspecified atom stereocenters. The highest BCUT2D eigenvalue weighted by Gasteiger charge is 2.28. The number of carbonyl (C=O) groups excluding carboxylic acids is 1. The largest absolute Gasteiger partial charge is 0.376 e. The van der Waals surface area contributed by atoms with Crippen LogP contribution in [0.5, 0.6) is 0 Å². The first-order chi connectivity index (χ1) is 14.2. The molecule has 1 aliphatic rings. The number of benzene rings is 2. The molecule has 0 radical (unpaired) electrons. The van der Waals surface area contributed by atoms with Gasteiger partial charge < -0.3 is 4.74 Å². The average Bonchev–Trinajstić information content (AvgIpc) is 3.40. The van der Waals surface area contributed by atoms with E-state index < -0.39 is 0 Å². The molecule has 1 amide bonds. The molecular weight excluding hydrogens is 382 g/mol. The van der Waals surface area contributed by atoms with Crippen molar-refractivity contribution >= 4 is 43.5 Å². The van der Waals surface area contributed by atoms with Gasteiger partial charge in [-0.2, -0.15) is 0 Å². The molecule has 1 fully saturated rings. The minimum atomic E-state index is -0.0544. The van der Waals surface area contributed by atoms with Crippen LogP contribution in [-0.2, 0) is 4.74 Å². The second-order valence-corrected chi connectivity index (χ2v) is 8.35. The Labute approximate surface area is 173 Å². The van der Waals surface area contributed by atoms with Crippen LogP contribution in [0.4, 0.5) is 5.13 Å². The Bertz CT molecular complexity index is 1160. The summed E-state index contributed by atoms with van der Waals surface area (Å²) in [6.07, 6.45) is 2.04. The quantitative estimate of drug-likeness (QED) is 0.482. The van der Waals surface area contributed by atoms with Crippen LogP contribution >= 0.6 is 11.3 Å². The highest BCUT2D eigenvalue weighted by Crippen LogP contribution is 2.32. The fraction of sp³-hybridized carbons (Fsp3) is 0.261. The van der Waals surface area contributed by atoms with Crippen molar-refractivity contribution in [3.8, 4) is 0 Å². The molecule has 1 atom stereocenters. The number of hydrogen-bond acceptors (Lipinski definition) is 5. The second kappa shape index (κ2) is 7.54. The summed E-state index contributed by atoms with van der Waals surface area (Å²) < 4.78 is 6.92. The van der Waals surface area contributed by atoms with Crippen LogP contribution in [0.3, 0.4) is 0 Å². The van der Waals surface area contributed by atoms with Crippen LogP contribution in [0.1, 0.15) is 28.9 Å². The van der Waals surface area contributed by atoms with Gasteiger partial charge >= 0.3 is 0 Å². The number of aromatic nitrogens is 2. The Balaban J connectivity index is 1.61. The van der Waals surface area contributed by atoms with Crippen molar-refractivity contribution in [2.75, 3.05) is 18.1 Å². The van der Waals surface area contributed by atoms with Crippen LogP contribution in [0, 0.1) is 6.92 Å². The molecule has 146 valence electrons. The summed E-state index contributed by atoms with van der Waals surface area (Å²) >= 11 is 1.54. The Hall–Kier alpha value is -2.83. The summed E-state index contributed by atoms with van der Waals surface area (Å²) in [5, 5.41) is 1.58. The van der Waals surface area contributed by atoms with Gasteiger partial charge in [-0.15, -0.1) is 0 Å². The van der Waals surface area contributed by atoms with Crippen molar-refractivity contribution in [1.29, 1.82) is 0 Å². The van der Waals surface area contributed by atoms with E-state index in [1.807, 2.05) is 61.5 Å². The van der Waals surface area contributed by atoms with Crippen LogP contribution < -0.4 is 4.90 Å². The normalized spacial score (nSPS) is 16.5. The highest BCUT2D eigenvalue weighted by atomic mass is 32.1. The standard InChI is InChI=1S/C23H21N3O2S/c1-15-13-18(17-8-2-3-9-19(17)24-15)22(27)26(14-16-7-6-12-28-16)23-25-20-10-4-5-11-21(20)29-23/h2-5,8-11,13,16H,6-7,12,14H2,1H3. The molecule has 2 aromatic heterocycles. The molecule has 5 rings (SSSR count). The van der Waals surface area contributed by atoms with Crippen molar-refractivity contribution in [3.63, 3.8) is 0 Å². The van der Waals surface area contributed by atoms with E-state index in [9.17, 15) is 4.79 Å². The van der Waals surface area contributed by atoms with Crippen molar-refractivity contribution < 1.29 is 9.53 Å². The fourth-order valence-electron chi connectivity index (χ4n) is 3.85. The summed E-state index contributed by atoms with van der Waals surface area (Å²) in [4.78, 5) is 24.9. The molecule has 1 aliphatic heterocycles. The van der Waals surface area contributed by atoms with Crippen LogP contribution in [-0.4, -0.2) is 35.1 Å². The minimum absolute atomic E-state index is 0.0418. The monoisotopic (exact) mass is 403 g/mol. The second-order valence-electron chi connectivity index (χ2n) is 7.34. The van der Waals surface area contributed by atoms with Crippen molar-refractivity contribution in [2.24, 2.45) is 0 Å². The molecule has 5 nitrogen and oxygen atoms in total. The van der Waals surface area contributed by atoms with Gasteiger partial charge in [0.2, 0.25) is 0 Å². The number of ether oxygens (including phenoxy) is 1. The third-order valence-corrected chi connectivity index (χ3v) is 6.30. The molecule has 0 saturated carbocycles. The number of nitrogens with zero attached hydrogens (tertiary/aromatic N) is 3. The van der Waals surface area contributed by atoms with Gasteiger partial charge in [-0.3, -0.25) is 14.7 Å². The zero-order valence-electron chi connectivity index (χ0n) is 16.2. The minimum Gasteiger partial charge on any atom is -0.376 e. The van der Waals surface area contributed by atoms with Crippen molar-refractivity contribution in [1.82, 2.24) is 9.97 Å². The van der Waals surface area contributed by atoms with E-state index >= 15 is 0 Å². The molecule has 29 heavy (non-hydrogen) atoms. The summed E-state index contributed by atoms with van der Waals surface area (Å²) in [5.41, 5.74) is 3.23. The third kappa shape index (κ3) is 3.50. The topological polar surface area (TPSA) is 55.3 Å². The predicted molar refractivity (Wildman–Crippen MR) is 117 cm³/mol. The number of rotatable bonds is 4. The Kier molecular flexibility index (Phi) is 4.73. The Morgan fingerprint density at radius 1 is 1.14 bits per heavy atom. The molecule has 2 aromatic carbocycles. The van der Waals surface area contributed by atoms with E-state index in [0.29, 0.717) is 17.2 Å². The first-order valence-corrected chi connectivity index (χ1v) is 10.7. The van der Waals surface area contributed by atoms with Gasteiger partial charge in [-0.1, -0.05) is 41.7 Å². The molecule has 4 aromatic rings.